The SMILES string of the molecule is N#Cc1ccccc1N/N=C\[N+](=O)[O-]. The first-order valence-corrected chi connectivity index (χ1v) is 3.66. The van der Waals surface area contributed by atoms with Crippen molar-refractivity contribution in [3.05, 3.63) is 39.9 Å². The summed E-state index contributed by atoms with van der Waals surface area (Å²) in [5.41, 5.74) is 3.22. The van der Waals surface area contributed by atoms with Gasteiger partial charge in [0.1, 0.15) is 6.07 Å². The van der Waals surface area contributed by atoms with Gasteiger partial charge in [-0.1, -0.05) is 12.1 Å². The Morgan fingerprint density at radius 3 is 2.93 bits per heavy atom. The third-order valence-corrected chi connectivity index (χ3v) is 1.38. The molecule has 1 aromatic carbocycles. The summed E-state index contributed by atoms with van der Waals surface area (Å²) in [6.07, 6.45) is 0.522. The number of hydrogen-bond acceptors (Lipinski definition) is 5. The van der Waals surface area contributed by atoms with Crippen LogP contribution in [0.3, 0.4) is 0 Å². The van der Waals surface area contributed by atoms with Crippen LogP contribution < -0.4 is 5.43 Å². The van der Waals surface area contributed by atoms with E-state index in [-0.39, 0.29) is 0 Å². The molecular formula is C8H6N4O2. The van der Waals surface area contributed by atoms with E-state index < -0.39 is 4.92 Å². The fourth-order valence-corrected chi connectivity index (χ4v) is 0.824. The van der Waals surface area contributed by atoms with Gasteiger partial charge < -0.3 is 10.1 Å². The van der Waals surface area contributed by atoms with Crippen LogP contribution in [-0.2, 0) is 0 Å². The number of nitrogens with one attached hydrogen (secondary N) is 1. The molecule has 6 heteroatoms. The van der Waals surface area contributed by atoms with Crippen molar-refractivity contribution in [2.24, 2.45) is 5.10 Å². The molecule has 0 saturated heterocycles. The maximum Gasteiger partial charge on any atom is 0.352 e. The molecule has 0 saturated carbocycles. The van der Waals surface area contributed by atoms with Crippen molar-refractivity contribution < 1.29 is 4.92 Å². The van der Waals surface area contributed by atoms with Gasteiger partial charge in [0.2, 0.25) is 0 Å². The van der Waals surface area contributed by atoms with Gasteiger partial charge in [-0.25, -0.2) is 0 Å². The molecule has 0 atom stereocenters. The Labute approximate surface area is 79.6 Å². The van der Waals surface area contributed by atoms with Crippen LogP contribution in [0.1, 0.15) is 5.56 Å². The molecule has 0 heterocycles. The Morgan fingerprint density at radius 2 is 2.29 bits per heavy atom. The zero-order valence-corrected chi connectivity index (χ0v) is 7.04. The van der Waals surface area contributed by atoms with Gasteiger partial charge in [-0.05, 0) is 17.1 Å². The highest BCUT2D eigenvalue weighted by molar-refractivity contribution is 5.58. The Balaban J connectivity index is 2.77. The fourth-order valence-electron chi connectivity index (χ4n) is 0.824. The minimum atomic E-state index is -0.692. The highest BCUT2D eigenvalue weighted by Crippen LogP contribution is 2.12. The van der Waals surface area contributed by atoms with E-state index in [1.165, 1.54) is 0 Å². The van der Waals surface area contributed by atoms with Crippen LogP contribution in [0.5, 0.6) is 0 Å². The van der Waals surface area contributed by atoms with Crippen LogP contribution in [0.2, 0.25) is 0 Å². The van der Waals surface area contributed by atoms with Gasteiger partial charge in [-0.2, -0.15) is 10.7 Å². The predicted octanol–water partition coefficient (Wildman–Crippen LogP) is 1.19. The van der Waals surface area contributed by atoms with Crippen LogP contribution in [0, 0.1) is 21.4 Å². The average molecular weight is 190 g/mol. The molecule has 0 spiro atoms. The van der Waals surface area contributed by atoms with Crippen LogP contribution in [-0.4, -0.2) is 11.3 Å². The number of nitrogens with zero attached hydrogens (tertiary/aromatic N) is 3. The molecule has 0 amide bonds. The second-order valence-corrected chi connectivity index (χ2v) is 2.30. The lowest BCUT2D eigenvalue weighted by atomic mass is 10.2. The van der Waals surface area contributed by atoms with Crippen LogP contribution in [0.25, 0.3) is 0 Å². The molecule has 70 valence electrons. The van der Waals surface area contributed by atoms with E-state index in [4.69, 9.17) is 5.26 Å². The number of para-hydroxylation sites is 1. The summed E-state index contributed by atoms with van der Waals surface area (Å²) < 4.78 is 0. The number of nitro groups is 1. The van der Waals surface area contributed by atoms with Gasteiger partial charge in [0.05, 0.1) is 11.3 Å². The number of nitriles is 1. The van der Waals surface area contributed by atoms with Crippen LogP contribution >= 0.6 is 0 Å². The zero-order chi connectivity index (χ0) is 10.4. The molecule has 0 aliphatic heterocycles. The first-order valence-electron chi connectivity index (χ1n) is 3.66. The highest BCUT2D eigenvalue weighted by atomic mass is 16.6. The minimum absolute atomic E-state index is 0.382. The minimum Gasteiger partial charge on any atom is -0.358 e. The summed E-state index contributed by atoms with van der Waals surface area (Å²) in [4.78, 5) is 9.20. The smallest absolute Gasteiger partial charge is 0.352 e. The van der Waals surface area contributed by atoms with E-state index in [9.17, 15) is 10.1 Å². The van der Waals surface area contributed by atoms with Crippen molar-refractivity contribution in [3.8, 4) is 6.07 Å². The van der Waals surface area contributed by atoms with Crippen molar-refractivity contribution in [2.75, 3.05) is 5.43 Å². The summed E-state index contributed by atoms with van der Waals surface area (Å²) >= 11 is 0. The maximum atomic E-state index is 9.90. The molecule has 0 bridgehead atoms. The molecule has 0 unspecified atom stereocenters. The Morgan fingerprint density at radius 1 is 1.57 bits per heavy atom. The molecule has 1 aromatic rings. The number of benzene rings is 1. The lowest BCUT2D eigenvalue weighted by Crippen LogP contribution is -1.98. The third kappa shape index (κ3) is 2.57. The molecule has 0 aliphatic carbocycles. The van der Waals surface area contributed by atoms with E-state index in [1.807, 2.05) is 6.07 Å². The van der Waals surface area contributed by atoms with E-state index in [0.717, 1.165) is 0 Å². The van der Waals surface area contributed by atoms with Crippen LogP contribution in [0.15, 0.2) is 29.4 Å². The summed E-state index contributed by atoms with van der Waals surface area (Å²) in [7, 11) is 0. The quantitative estimate of drug-likeness (QED) is 0.335. The molecule has 1 rings (SSSR count). The summed E-state index contributed by atoms with van der Waals surface area (Å²) in [6, 6.07) is 8.52. The van der Waals surface area contributed by atoms with E-state index in [0.29, 0.717) is 17.6 Å². The van der Waals surface area contributed by atoms with Crippen molar-refractivity contribution >= 4 is 12.0 Å². The van der Waals surface area contributed by atoms with Crippen molar-refractivity contribution in [2.45, 2.75) is 0 Å². The first kappa shape index (κ1) is 9.67. The van der Waals surface area contributed by atoms with Crippen molar-refractivity contribution in [1.82, 2.24) is 0 Å². The van der Waals surface area contributed by atoms with E-state index >= 15 is 0 Å². The topological polar surface area (TPSA) is 91.3 Å². The normalized spacial score (nSPS) is 9.64. The second-order valence-electron chi connectivity index (χ2n) is 2.30. The molecule has 14 heavy (non-hydrogen) atoms. The van der Waals surface area contributed by atoms with E-state index in [2.05, 4.69) is 10.5 Å². The molecule has 0 radical (unpaired) electrons. The highest BCUT2D eigenvalue weighted by Gasteiger charge is 2.00. The van der Waals surface area contributed by atoms with Crippen molar-refractivity contribution in [3.63, 3.8) is 0 Å². The Bertz CT molecular complexity index is 408. The largest absolute Gasteiger partial charge is 0.358 e. The van der Waals surface area contributed by atoms with Gasteiger partial charge in [-0.3, -0.25) is 0 Å². The van der Waals surface area contributed by atoms with Crippen molar-refractivity contribution in [1.29, 1.82) is 5.26 Å². The standard InChI is InChI=1S/C8H6N4O2/c9-5-7-3-1-2-4-8(7)11-10-6-12(13)14/h1-4,6,11H/b10-6-. The lowest BCUT2D eigenvalue weighted by Gasteiger charge is -1.95. The molecule has 1 N–H and O–H groups in total. The molecule has 0 aromatic heterocycles. The van der Waals surface area contributed by atoms with Gasteiger partial charge in [0, 0.05) is 5.10 Å². The summed E-state index contributed by atoms with van der Waals surface area (Å²) in [6.45, 7) is 0. The molecule has 0 fully saturated rings. The summed E-state index contributed by atoms with van der Waals surface area (Å²) in [5.74, 6) is 0. The zero-order valence-electron chi connectivity index (χ0n) is 7.04. The molecular weight excluding hydrogens is 184 g/mol. The first-order chi connectivity index (χ1) is 6.74. The van der Waals surface area contributed by atoms with Crippen LogP contribution in [0.4, 0.5) is 5.69 Å². The summed E-state index contributed by atoms with van der Waals surface area (Å²) in [5, 5.41) is 21.9. The lowest BCUT2D eigenvalue weighted by molar-refractivity contribution is -0.339. The van der Waals surface area contributed by atoms with Gasteiger partial charge >= 0.3 is 6.34 Å². The Kier molecular flexibility index (Phi) is 3.15. The molecule has 6 nitrogen and oxygen atoms in total. The molecule has 0 aliphatic rings. The van der Waals surface area contributed by atoms with Gasteiger partial charge in [0.25, 0.3) is 0 Å². The fraction of sp³-hybridized carbons (Fsp3) is 0. The monoisotopic (exact) mass is 190 g/mol. The van der Waals surface area contributed by atoms with Gasteiger partial charge in [-0.15, -0.1) is 0 Å². The van der Waals surface area contributed by atoms with Gasteiger partial charge in [0.15, 0.2) is 0 Å². The third-order valence-electron chi connectivity index (χ3n) is 1.38. The number of hydrazone groups is 1. The maximum absolute atomic E-state index is 9.90. The number of rotatable bonds is 3. The average Bonchev–Trinajstić information content (AvgIpc) is 2.18. The second kappa shape index (κ2) is 4.57. The number of hydrogen-bond donors (Lipinski definition) is 1. The van der Waals surface area contributed by atoms with E-state index in [1.54, 1.807) is 24.3 Å². The predicted molar refractivity (Wildman–Crippen MR) is 50.3 cm³/mol. The number of anilines is 1. The Hall–Kier alpha value is -2.42.